The summed E-state index contributed by atoms with van der Waals surface area (Å²) in [5.41, 5.74) is 0. The molecule has 6 N–H and O–H groups in total. The van der Waals surface area contributed by atoms with Gasteiger partial charge in [0.25, 0.3) is 0 Å². The number of hydrogen-bond donors (Lipinski definition) is 6. The quantitative estimate of drug-likeness (QED) is 0.323. The van der Waals surface area contributed by atoms with Crippen LogP contribution in [-0.4, -0.2) is 69.7 Å². The summed E-state index contributed by atoms with van der Waals surface area (Å²) in [6.07, 6.45) is -0.304. The standard InChI is InChI=1S/2C5H9NO3/c2*7-3-1-4(5(8)9)6-2-3/h2*3-4,6-7H,1-2H2,(H,8,9)/t2*3-,4-/m11/s1. The summed E-state index contributed by atoms with van der Waals surface area (Å²) >= 11 is 0. The Kier molecular flexibility index (Phi) is 5.48. The molecule has 0 bridgehead atoms. The Morgan fingerprint density at radius 2 is 1.17 bits per heavy atom. The van der Waals surface area contributed by atoms with Crippen LogP contribution in [0.5, 0.6) is 0 Å². The summed E-state index contributed by atoms with van der Waals surface area (Å²) in [5.74, 6) is -1.77. The van der Waals surface area contributed by atoms with Crippen molar-refractivity contribution >= 4 is 11.9 Å². The van der Waals surface area contributed by atoms with E-state index in [1.54, 1.807) is 0 Å². The lowest BCUT2D eigenvalue weighted by Gasteiger charge is -1.99. The molecule has 2 saturated heterocycles. The van der Waals surface area contributed by atoms with Gasteiger partial charge in [-0.15, -0.1) is 0 Å². The summed E-state index contributed by atoms with van der Waals surface area (Å²) in [6.45, 7) is 0.800. The molecule has 0 amide bonds. The van der Waals surface area contributed by atoms with E-state index in [9.17, 15) is 9.59 Å². The Morgan fingerprint density at radius 1 is 0.833 bits per heavy atom. The molecule has 104 valence electrons. The van der Waals surface area contributed by atoms with Crippen molar-refractivity contribution in [3.63, 3.8) is 0 Å². The summed E-state index contributed by atoms with van der Waals surface area (Å²) in [7, 11) is 0. The maximum absolute atomic E-state index is 10.2. The van der Waals surface area contributed by atoms with Crippen molar-refractivity contribution in [3.8, 4) is 0 Å². The Hall–Kier alpha value is -1.22. The molecule has 2 heterocycles. The second kappa shape index (κ2) is 6.64. The molecular weight excluding hydrogens is 244 g/mol. The van der Waals surface area contributed by atoms with Crippen molar-refractivity contribution < 1.29 is 30.0 Å². The summed E-state index contributed by atoms with van der Waals surface area (Å²) < 4.78 is 0. The van der Waals surface area contributed by atoms with Gasteiger partial charge in [0, 0.05) is 25.9 Å². The van der Waals surface area contributed by atoms with E-state index >= 15 is 0 Å². The van der Waals surface area contributed by atoms with Gasteiger partial charge in [-0.2, -0.15) is 0 Å². The third-order valence-corrected chi connectivity index (χ3v) is 2.81. The highest BCUT2D eigenvalue weighted by atomic mass is 16.4. The molecule has 0 spiro atoms. The van der Waals surface area contributed by atoms with Crippen LogP contribution in [0.15, 0.2) is 0 Å². The van der Waals surface area contributed by atoms with Crippen molar-refractivity contribution in [2.24, 2.45) is 0 Å². The summed E-state index contributed by atoms with van der Waals surface area (Å²) in [5, 5.41) is 39.7. The van der Waals surface area contributed by atoms with E-state index < -0.39 is 36.2 Å². The van der Waals surface area contributed by atoms with Crippen LogP contribution in [0.2, 0.25) is 0 Å². The van der Waals surface area contributed by atoms with Crippen LogP contribution in [0.4, 0.5) is 0 Å². The second-order valence-corrected chi connectivity index (χ2v) is 4.38. The molecule has 0 aromatic carbocycles. The van der Waals surface area contributed by atoms with Crippen molar-refractivity contribution in [2.45, 2.75) is 37.1 Å². The van der Waals surface area contributed by atoms with Crippen LogP contribution in [-0.2, 0) is 9.59 Å². The predicted octanol–water partition coefficient (Wildman–Crippen LogP) is -2.41. The van der Waals surface area contributed by atoms with Crippen LogP contribution in [0.3, 0.4) is 0 Å². The topological polar surface area (TPSA) is 139 Å². The van der Waals surface area contributed by atoms with E-state index in [4.69, 9.17) is 20.4 Å². The SMILES string of the molecule is O=C(O)[C@H]1C[C@@H](O)CN1.O=C(O)[C@H]1C[C@@H](O)CN1. The first-order valence-corrected chi connectivity index (χ1v) is 5.68. The third kappa shape index (κ3) is 4.57. The zero-order valence-corrected chi connectivity index (χ0v) is 9.74. The fraction of sp³-hybridized carbons (Fsp3) is 0.800. The lowest BCUT2D eigenvalue weighted by molar-refractivity contribution is -0.140. The lowest BCUT2D eigenvalue weighted by Crippen LogP contribution is -2.29. The minimum absolute atomic E-state index is 0.329. The number of nitrogens with one attached hydrogen (secondary N) is 2. The zero-order chi connectivity index (χ0) is 13.7. The van der Waals surface area contributed by atoms with Gasteiger partial charge in [-0.3, -0.25) is 9.59 Å². The first-order chi connectivity index (χ1) is 8.40. The van der Waals surface area contributed by atoms with Crippen LogP contribution < -0.4 is 10.6 Å². The van der Waals surface area contributed by atoms with Gasteiger partial charge in [0.1, 0.15) is 12.1 Å². The van der Waals surface area contributed by atoms with E-state index in [-0.39, 0.29) is 0 Å². The smallest absolute Gasteiger partial charge is 0.320 e. The zero-order valence-electron chi connectivity index (χ0n) is 9.74. The van der Waals surface area contributed by atoms with Gasteiger partial charge < -0.3 is 31.1 Å². The molecule has 0 aromatic rings. The van der Waals surface area contributed by atoms with E-state index in [0.29, 0.717) is 25.9 Å². The first-order valence-electron chi connectivity index (χ1n) is 5.68. The largest absolute Gasteiger partial charge is 0.480 e. The molecular formula is C10H18N2O6. The number of hydrogen-bond acceptors (Lipinski definition) is 6. The molecule has 4 atom stereocenters. The Balaban J connectivity index is 0.000000180. The van der Waals surface area contributed by atoms with Crippen LogP contribution in [0, 0.1) is 0 Å². The number of aliphatic carboxylic acids is 2. The van der Waals surface area contributed by atoms with Gasteiger partial charge in [-0.1, -0.05) is 0 Å². The number of β-amino-alcohol motifs (C(OH)–C–C–N with tert-alkyl or cyclic N) is 2. The van der Waals surface area contributed by atoms with Crippen molar-refractivity contribution in [1.82, 2.24) is 10.6 Å². The minimum Gasteiger partial charge on any atom is -0.480 e. The van der Waals surface area contributed by atoms with Crippen LogP contribution in [0.25, 0.3) is 0 Å². The van der Waals surface area contributed by atoms with E-state index in [2.05, 4.69) is 10.6 Å². The van der Waals surface area contributed by atoms with E-state index in [0.717, 1.165) is 0 Å². The second-order valence-electron chi connectivity index (χ2n) is 4.38. The van der Waals surface area contributed by atoms with E-state index in [1.807, 2.05) is 0 Å². The normalized spacial score (nSPS) is 34.8. The molecule has 18 heavy (non-hydrogen) atoms. The minimum atomic E-state index is -0.883. The fourth-order valence-corrected chi connectivity index (χ4v) is 1.81. The fourth-order valence-electron chi connectivity index (χ4n) is 1.81. The molecule has 2 rings (SSSR count). The molecule has 0 aromatic heterocycles. The first kappa shape index (κ1) is 14.8. The van der Waals surface area contributed by atoms with Gasteiger partial charge in [0.05, 0.1) is 12.2 Å². The van der Waals surface area contributed by atoms with Crippen molar-refractivity contribution in [3.05, 3.63) is 0 Å². The molecule has 0 saturated carbocycles. The number of rotatable bonds is 2. The van der Waals surface area contributed by atoms with Crippen LogP contribution >= 0.6 is 0 Å². The van der Waals surface area contributed by atoms with Crippen molar-refractivity contribution in [1.29, 1.82) is 0 Å². The predicted molar refractivity (Wildman–Crippen MR) is 60.1 cm³/mol. The van der Waals surface area contributed by atoms with E-state index in [1.165, 1.54) is 0 Å². The average Bonchev–Trinajstić information content (AvgIpc) is 2.88. The Labute approximate surface area is 104 Å². The highest BCUT2D eigenvalue weighted by Crippen LogP contribution is 2.05. The van der Waals surface area contributed by atoms with Gasteiger partial charge in [0.15, 0.2) is 0 Å². The average molecular weight is 262 g/mol. The summed E-state index contributed by atoms with van der Waals surface area (Å²) in [6, 6.07) is -1.08. The molecule has 2 fully saturated rings. The number of aliphatic hydroxyl groups excluding tert-OH is 2. The lowest BCUT2D eigenvalue weighted by atomic mass is 10.2. The van der Waals surface area contributed by atoms with Gasteiger partial charge in [-0.05, 0) is 0 Å². The highest BCUT2D eigenvalue weighted by Gasteiger charge is 2.27. The molecule has 2 aliphatic rings. The number of carboxylic acid groups (broad SMARTS) is 2. The Morgan fingerprint density at radius 3 is 1.28 bits per heavy atom. The monoisotopic (exact) mass is 262 g/mol. The molecule has 0 aliphatic carbocycles. The maximum atomic E-state index is 10.2. The van der Waals surface area contributed by atoms with Gasteiger partial charge in [0.2, 0.25) is 0 Å². The summed E-state index contributed by atoms with van der Waals surface area (Å²) in [4.78, 5) is 20.3. The number of carbonyl (C=O) groups is 2. The Bertz CT molecular complexity index is 281. The highest BCUT2D eigenvalue weighted by molar-refractivity contribution is 5.74. The number of aliphatic hydroxyl groups is 2. The van der Waals surface area contributed by atoms with Gasteiger partial charge >= 0.3 is 11.9 Å². The molecule has 0 radical (unpaired) electrons. The number of carboxylic acids is 2. The molecule has 2 aliphatic heterocycles. The van der Waals surface area contributed by atoms with Crippen molar-refractivity contribution in [2.75, 3.05) is 13.1 Å². The maximum Gasteiger partial charge on any atom is 0.320 e. The van der Waals surface area contributed by atoms with Crippen LogP contribution in [0.1, 0.15) is 12.8 Å². The third-order valence-electron chi connectivity index (χ3n) is 2.81. The molecule has 8 nitrogen and oxygen atoms in total. The van der Waals surface area contributed by atoms with Gasteiger partial charge in [-0.25, -0.2) is 0 Å². The molecule has 0 unspecified atom stereocenters. The molecule has 8 heteroatoms.